The van der Waals surface area contributed by atoms with Crippen LogP contribution in [0.2, 0.25) is 0 Å². The Morgan fingerprint density at radius 1 is 1.12 bits per heavy atom. The van der Waals surface area contributed by atoms with E-state index in [2.05, 4.69) is 4.99 Å². The van der Waals surface area contributed by atoms with Gasteiger partial charge in [0, 0.05) is 38.5 Å². The number of aryl methyl sites for hydroxylation is 1. The van der Waals surface area contributed by atoms with Crippen LogP contribution >= 0.6 is 11.3 Å². The molecule has 1 amide bonds. The van der Waals surface area contributed by atoms with E-state index in [1.165, 1.54) is 35.6 Å². The number of aromatic nitrogens is 1. The molecule has 0 aliphatic rings. The molecule has 2 aromatic carbocycles. The fraction of sp³-hybridized carbons (Fsp3) is 0.273. The fourth-order valence-corrected chi connectivity index (χ4v) is 5.61. The maximum absolute atomic E-state index is 12.9. The van der Waals surface area contributed by atoms with Crippen LogP contribution in [-0.2, 0) is 17.1 Å². The number of methoxy groups -OCH3 is 1. The van der Waals surface area contributed by atoms with Crippen molar-refractivity contribution in [3.63, 3.8) is 0 Å². The lowest BCUT2D eigenvalue weighted by Crippen LogP contribution is -2.32. The normalized spacial score (nSPS) is 12.0. The summed E-state index contributed by atoms with van der Waals surface area (Å²) in [6.07, 6.45) is 0.0241. The van der Waals surface area contributed by atoms with Crippen LogP contribution in [0.5, 0.6) is 5.75 Å². The average Bonchev–Trinajstić information content (AvgIpc) is 3.13. The number of carbonyl (C=O) groups excluding carboxylic acids is 1. The maximum atomic E-state index is 12.9. The lowest BCUT2D eigenvalue weighted by atomic mass is 10.2. The molecule has 0 bridgehead atoms. The zero-order chi connectivity index (χ0) is 24.0. The Morgan fingerprint density at radius 2 is 1.76 bits per heavy atom. The summed E-state index contributed by atoms with van der Waals surface area (Å²) in [5, 5.41) is 17.6. The number of sulfonamides is 1. The van der Waals surface area contributed by atoms with Crippen LogP contribution in [0.3, 0.4) is 0 Å². The van der Waals surface area contributed by atoms with E-state index in [4.69, 9.17) is 15.3 Å². The first-order chi connectivity index (χ1) is 15.8. The number of nitriles is 2. The van der Waals surface area contributed by atoms with Crippen molar-refractivity contribution < 1.29 is 17.9 Å². The molecule has 0 saturated heterocycles. The Kier molecular flexibility index (Phi) is 7.61. The van der Waals surface area contributed by atoms with Gasteiger partial charge in [0.05, 0.1) is 34.4 Å². The first-order valence-electron chi connectivity index (χ1n) is 9.88. The highest BCUT2D eigenvalue weighted by Crippen LogP contribution is 2.23. The van der Waals surface area contributed by atoms with Gasteiger partial charge in [-0.05, 0) is 42.5 Å². The lowest BCUT2D eigenvalue weighted by Gasteiger charge is -2.20. The second-order valence-electron chi connectivity index (χ2n) is 6.94. The van der Waals surface area contributed by atoms with Crippen molar-refractivity contribution in [2.75, 3.05) is 20.2 Å². The molecule has 3 rings (SSSR count). The third kappa shape index (κ3) is 5.29. The molecule has 1 heterocycles. The Labute approximate surface area is 195 Å². The quantitative estimate of drug-likeness (QED) is 0.484. The van der Waals surface area contributed by atoms with Crippen LogP contribution in [0.1, 0.15) is 23.2 Å². The highest BCUT2D eigenvalue weighted by Gasteiger charge is 2.24. The van der Waals surface area contributed by atoms with Gasteiger partial charge in [0.25, 0.3) is 5.91 Å². The lowest BCUT2D eigenvalue weighted by molar-refractivity contribution is 0.0998. The second kappa shape index (κ2) is 10.4. The van der Waals surface area contributed by atoms with Crippen LogP contribution in [0.25, 0.3) is 10.2 Å². The molecule has 0 aliphatic carbocycles. The predicted molar refractivity (Wildman–Crippen MR) is 123 cm³/mol. The van der Waals surface area contributed by atoms with E-state index in [1.54, 1.807) is 11.7 Å². The number of hydrogen-bond donors (Lipinski definition) is 0. The summed E-state index contributed by atoms with van der Waals surface area (Å²) in [7, 11) is -0.510. The SMILES string of the molecule is COc1ccc2c(c1)sc(=NC(=O)c1ccc(S(=O)(=O)N(CCC#N)CCC#N)cc1)n2C. The van der Waals surface area contributed by atoms with Gasteiger partial charge in [-0.2, -0.15) is 19.8 Å². The number of benzene rings is 2. The molecular weight excluding hydrogens is 462 g/mol. The Hall–Kier alpha value is -3.51. The summed E-state index contributed by atoms with van der Waals surface area (Å²) < 4.78 is 34.9. The van der Waals surface area contributed by atoms with E-state index < -0.39 is 15.9 Å². The zero-order valence-electron chi connectivity index (χ0n) is 18.1. The summed E-state index contributed by atoms with van der Waals surface area (Å²) in [5.74, 6) is 0.205. The Morgan fingerprint density at radius 3 is 2.33 bits per heavy atom. The molecular formula is C22H21N5O4S2. The summed E-state index contributed by atoms with van der Waals surface area (Å²) in [4.78, 5) is 17.4. The molecule has 170 valence electrons. The summed E-state index contributed by atoms with van der Waals surface area (Å²) in [5.41, 5.74) is 1.15. The third-order valence-electron chi connectivity index (χ3n) is 4.90. The molecule has 0 unspecified atom stereocenters. The van der Waals surface area contributed by atoms with E-state index >= 15 is 0 Å². The topological polar surface area (TPSA) is 129 Å². The molecule has 0 N–H and O–H groups in total. The van der Waals surface area contributed by atoms with Crippen LogP contribution in [0.4, 0.5) is 0 Å². The Balaban J connectivity index is 1.88. The number of nitrogens with zero attached hydrogens (tertiary/aromatic N) is 5. The molecule has 9 nitrogen and oxygen atoms in total. The van der Waals surface area contributed by atoms with Crippen LogP contribution in [0, 0.1) is 22.7 Å². The minimum Gasteiger partial charge on any atom is -0.497 e. The molecule has 0 saturated carbocycles. The van der Waals surface area contributed by atoms with E-state index in [0.717, 1.165) is 14.5 Å². The van der Waals surface area contributed by atoms with Crippen molar-refractivity contribution in [1.82, 2.24) is 8.87 Å². The van der Waals surface area contributed by atoms with Crippen LogP contribution in [0.15, 0.2) is 52.4 Å². The Bertz CT molecular complexity index is 1410. The zero-order valence-corrected chi connectivity index (χ0v) is 19.7. The average molecular weight is 484 g/mol. The van der Waals surface area contributed by atoms with Crippen molar-refractivity contribution in [3.05, 3.63) is 52.8 Å². The predicted octanol–water partition coefficient (Wildman–Crippen LogP) is 2.81. The van der Waals surface area contributed by atoms with Gasteiger partial charge in [0.15, 0.2) is 4.80 Å². The van der Waals surface area contributed by atoms with Gasteiger partial charge in [0.2, 0.25) is 10.0 Å². The van der Waals surface area contributed by atoms with E-state index in [1.807, 2.05) is 37.4 Å². The molecule has 33 heavy (non-hydrogen) atoms. The van der Waals surface area contributed by atoms with Gasteiger partial charge < -0.3 is 9.30 Å². The molecule has 0 aliphatic heterocycles. The van der Waals surface area contributed by atoms with Gasteiger partial charge in [-0.3, -0.25) is 4.79 Å². The minimum atomic E-state index is -3.90. The van der Waals surface area contributed by atoms with Gasteiger partial charge in [-0.25, -0.2) is 8.42 Å². The number of thiazole rings is 1. The van der Waals surface area contributed by atoms with E-state index in [-0.39, 0.29) is 36.4 Å². The number of carbonyl (C=O) groups is 1. The van der Waals surface area contributed by atoms with Crippen LogP contribution in [-0.4, -0.2) is 43.4 Å². The third-order valence-corrected chi connectivity index (χ3v) is 7.91. The molecule has 11 heteroatoms. The molecule has 0 radical (unpaired) electrons. The van der Waals surface area contributed by atoms with Crippen molar-refractivity contribution >= 4 is 37.5 Å². The molecule has 1 aromatic heterocycles. The minimum absolute atomic E-state index is 0.0102. The smallest absolute Gasteiger partial charge is 0.279 e. The maximum Gasteiger partial charge on any atom is 0.279 e. The fourth-order valence-electron chi connectivity index (χ4n) is 3.12. The van der Waals surface area contributed by atoms with Gasteiger partial charge in [-0.15, -0.1) is 0 Å². The highest BCUT2D eigenvalue weighted by atomic mass is 32.2. The monoisotopic (exact) mass is 483 g/mol. The number of ether oxygens (including phenoxy) is 1. The number of amides is 1. The number of fused-ring (bicyclic) bond motifs is 1. The summed E-state index contributed by atoms with van der Waals surface area (Å²) >= 11 is 1.34. The van der Waals surface area contributed by atoms with Crippen molar-refractivity contribution in [2.24, 2.45) is 12.0 Å². The van der Waals surface area contributed by atoms with Crippen molar-refractivity contribution in [1.29, 1.82) is 10.5 Å². The standard InChI is InChI=1S/C22H21N5O4S2/c1-26-19-10-7-17(31-2)15-20(19)32-22(26)25-21(28)16-5-8-18(9-6-16)33(29,30)27(13-3-11-23)14-4-12-24/h5-10,15H,3-4,13-14H2,1-2H3. The van der Waals surface area contributed by atoms with Crippen LogP contribution < -0.4 is 9.54 Å². The van der Waals surface area contributed by atoms with Gasteiger partial charge in [-0.1, -0.05) is 11.3 Å². The van der Waals surface area contributed by atoms with E-state index in [9.17, 15) is 13.2 Å². The first-order valence-corrected chi connectivity index (χ1v) is 12.1. The van der Waals surface area contributed by atoms with E-state index in [0.29, 0.717) is 10.6 Å². The highest BCUT2D eigenvalue weighted by molar-refractivity contribution is 7.89. The van der Waals surface area contributed by atoms with Crippen molar-refractivity contribution in [2.45, 2.75) is 17.7 Å². The molecule has 0 fully saturated rings. The number of hydrogen-bond acceptors (Lipinski definition) is 7. The molecule has 0 spiro atoms. The summed E-state index contributed by atoms with van der Waals surface area (Å²) in [6.45, 7) is -0.0203. The van der Waals surface area contributed by atoms with Gasteiger partial charge >= 0.3 is 0 Å². The summed E-state index contributed by atoms with van der Waals surface area (Å²) in [6, 6.07) is 14.9. The first kappa shape index (κ1) is 24.1. The number of rotatable bonds is 8. The van der Waals surface area contributed by atoms with Crippen molar-refractivity contribution in [3.8, 4) is 17.9 Å². The largest absolute Gasteiger partial charge is 0.497 e. The second-order valence-corrected chi connectivity index (χ2v) is 9.89. The molecule has 3 aromatic rings. The van der Waals surface area contributed by atoms with Gasteiger partial charge in [0.1, 0.15) is 5.75 Å². The molecule has 0 atom stereocenters.